The maximum atomic E-state index is 5.19. The Bertz CT molecular complexity index is 441. The van der Waals surface area contributed by atoms with Crippen LogP contribution in [0.2, 0.25) is 0 Å². The second-order valence-electron chi connectivity index (χ2n) is 2.82. The summed E-state index contributed by atoms with van der Waals surface area (Å²) in [5, 5.41) is 0. The van der Waals surface area contributed by atoms with Crippen molar-refractivity contribution >= 4 is 11.0 Å². The molecule has 1 heterocycles. The largest absolute Gasteiger partial charge is 0.496 e. The van der Waals surface area contributed by atoms with Gasteiger partial charge in [0.05, 0.1) is 18.1 Å². The highest BCUT2D eigenvalue weighted by molar-refractivity contribution is 5.79. The van der Waals surface area contributed by atoms with E-state index in [0.29, 0.717) is 0 Å². The average Bonchev–Trinajstić information content (AvgIpc) is 2.33. The summed E-state index contributed by atoms with van der Waals surface area (Å²) in [6.45, 7) is 5.98. The summed E-state index contributed by atoms with van der Waals surface area (Å²) in [6.07, 6.45) is 3.38. The van der Waals surface area contributed by atoms with E-state index in [9.17, 15) is 0 Å². The van der Waals surface area contributed by atoms with Crippen molar-refractivity contribution in [1.29, 1.82) is 0 Å². The van der Waals surface area contributed by atoms with Crippen molar-refractivity contribution in [3.8, 4) is 5.75 Å². The van der Waals surface area contributed by atoms with Gasteiger partial charge in [0, 0.05) is 18.0 Å². The summed E-state index contributed by atoms with van der Waals surface area (Å²) in [4.78, 5) is 8.45. The first-order valence-corrected chi connectivity index (χ1v) is 5.07. The van der Waals surface area contributed by atoms with Crippen LogP contribution in [0.4, 0.5) is 0 Å². The highest BCUT2D eigenvalue weighted by atomic mass is 16.5. The summed E-state index contributed by atoms with van der Waals surface area (Å²) >= 11 is 0. The first-order valence-electron chi connectivity index (χ1n) is 5.07. The summed E-state index contributed by atoms with van der Waals surface area (Å²) in [5.41, 5.74) is 2.84. The molecule has 0 fully saturated rings. The molecule has 0 spiro atoms. The summed E-state index contributed by atoms with van der Waals surface area (Å²) in [6, 6.07) is 3.82. The molecule has 3 heteroatoms. The number of hydrogen-bond acceptors (Lipinski definition) is 3. The Hall–Kier alpha value is -1.64. The lowest BCUT2D eigenvalue weighted by atomic mass is 10.2. The van der Waals surface area contributed by atoms with Gasteiger partial charge in [0.2, 0.25) is 0 Å². The molecular formula is C12H16N2O. The third kappa shape index (κ3) is 2.24. The van der Waals surface area contributed by atoms with Gasteiger partial charge in [-0.2, -0.15) is 0 Å². The number of rotatable bonds is 1. The van der Waals surface area contributed by atoms with Gasteiger partial charge < -0.3 is 4.74 Å². The van der Waals surface area contributed by atoms with Crippen LogP contribution in [-0.4, -0.2) is 17.1 Å². The molecule has 0 aliphatic heterocycles. The molecule has 0 radical (unpaired) electrons. The van der Waals surface area contributed by atoms with Crippen LogP contribution in [0.5, 0.6) is 5.75 Å². The van der Waals surface area contributed by atoms with E-state index in [0.717, 1.165) is 22.3 Å². The summed E-state index contributed by atoms with van der Waals surface area (Å²) in [7, 11) is 1.66. The van der Waals surface area contributed by atoms with E-state index < -0.39 is 0 Å². The molecule has 1 aromatic carbocycles. The summed E-state index contributed by atoms with van der Waals surface area (Å²) < 4.78 is 5.19. The molecule has 2 aromatic rings. The molecule has 0 amide bonds. The predicted molar refractivity (Wildman–Crippen MR) is 62.2 cm³/mol. The standard InChI is InChI=1S/C10H10N2O.C2H6/c1-7-9(13-2)4-3-8-10(7)12-6-5-11-8;1-2/h3-6H,1-2H3;1-2H3. The number of methoxy groups -OCH3 is 1. The van der Waals surface area contributed by atoms with Gasteiger partial charge in [-0.05, 0) is 19.1 Å². The van der Waals surface area contributed by atoms with Gasteiger partial charge in [0.15, 0.2) is 0 Å². The first kappa shape index (κ1) is 11.4. The van der Waals surface area contributed by atoms with Crippen molar-refractivity contribution in [2.45, 2.75) is 20.8 Å². The third-order valence-electron chi connectivity index (χ3n) is 2.06. The molecule has 0 unspecified atom stereocenters. The highest BCUT2D eigenvalue weighted by Crippen LogP contribution is 2.23. The minimum atomic E-state index is 0.855. The van der Waals surface area contributed by atoms with E-state index in [4.69, 9.17) is 4.74 Å². The SMILES string of the molecule is CC.COc1ccc2nccnc2c1C. The Morgan fingerprint density at radius 2 is 1.73 bits per heavy atom. The lowest BCUT2D eigenvalue weighted by Crippen LogP contribution is -1.91. The maximum Gasteiger partial charge on any atom is 0.124 e. The number of aryl methyl sites for hydroxylation is 1. The van der Waals surface area contributed by atoms with Crippen LogP contribution >= 0.6 is 0 Å². The van der Waals surface area contributed by atoms with E-state index in [-0.39, 0.29) is 0 Å². The first-order chi connectivity index (χ1) is 7.33. The van der Waals surface area contributed by atoms with E-state index in [1.807, 2.05) is 32.9 Å². The van der Waals surface area contributed by atoms with Crippen LogP contribution in [0.15, 0.2) is 24.5 Å². The Morgan fingerprint density at radius 3 is 2.40 bits per heavy atom. The van der Waals surface area contributed by atoms with Gasteiger partial charge in [0.1, 0.15) is 5.75 Å². The number of fused-ring (bicyclic) bond motifs is 1. The molecule has 0 aliphatic rings. The van der Waals surface area contributed by atoms with E-state index in [2.05, 4.69) is 9.97 Å². The molecule has 0 N–H and O–H groups in total. The molecule has 3 nitrogen and oxygen atoms in total. The van der Waals surface area contributed by atoms with E-state index in [1.54, 1.807) is 19.5 Å². The normalized spacial score (nSPS) is 9.33. The van der Waals surface area contributed by atoms with Crippen molar-refractivity contribution < 1.29 is 4.74 Å². The summed E-state index contributed by atoms with van der Waals surface area (Å²) in [5.74, 6) is 0.855. The molecule has 0 saturated heterocycles. The van der Waals surface area contributed by atoms with Crippen molar-refractivity contribution in [2.75, 3.05) is 7.11 Å². The van der Waals surface area contributed by atoms with Crippen LogP contribution in [0, 0.1) is 6.92 Å². The highest BCUT2D eigenvalue weighted by Gasteiger charge is 2.03. The zero-order valence-electron chi connectivity index (χ0n) is 9.61. The van der Waals surface area contributed by atoms with Crippen molar-refractivity contribution in [3.63, 3.8) is 0 Å². The fourth-order valence-electron chi connectivity index (χ4n) is 1.38. The lowest BCUT2D eigenvalue weighted by Gasteiger charge is -2.05. The van der Waals surface area contributed by atoms with E-state index in [1.165, 1.54) is 0 Å². The lowest BCUT2D eigenvalue weighted by molar-refractivity contribution is 0.412. The second kappa shape index (κ2) is 5.29. The van der Waals surface area contributed by atoms with Gasteiger partial charge >= 0.3 is 0 Å². The molecule has 0 aliphatic carbocycles. The number of nitrogens with zero attached hydrogens (tertiary/aromatic N) is 2. The Kier molecular flexibility index (Phi) is 4.03. The minimum Gasteiger partial charge on any atom is -0.496 e. The Balaban J connectivity index is 0.000000531. The van der Waals surface area contributed by atoms with Gasteiger partial charge in [0.25, 0.3) is 0 Å². The van der Waals surface area contributed by atoms with Gasteiger partial charge in [-0.3, -0.25) is 9.97 Å². The third-order valence-corrected chi connectivity index (χ3v) is 2.06. The van der Waals surface area contributed by atoms with Crippen LogP contribution in [0.25, 0.3) is 11.0 Å². The molecule has 15 heavy (non-hydrogen) atoms. The van der Waals surface area contributed by atoms with Crippen LogP contribution < -0.4 is 4.74 Å². The predicted octanol–water partition coefficient (Wildman–Crippen LogP) is 2.97. The van der Waals surface area contributed by atoms with Crippen LogP contribution in [0.1, 0.15) is 19.4 Å². The monoisotopic (exact) mass is 204 g/mol. The molecule has 1 aromatic heterocycles. The number of ether oxygens (including phenoxy) is 1. The molecular weight excluding hydrogens is 188 g/mol. The zero-order chi connectivity index (χ0) is 11.3. The molecule has 2 rings (SSSR count). The number of benzene rings is 1. The van der Waals surface area contributed by atoms with Gasteiger partial charge in [-0.1, -0.05) is 13.8 Å². The number of aromatic nitrogens is 2. The number of hydrogen-bond donors (Lipinski definition) is 0. The second-order valence-corrected chi connectivity index (χ2v) is 2.82. The smallest absolute Gasteiger partial charge is 0.124 e. The zero-order valence-corrected chi connectivity index (χ0v) is 9.61. The van der Waals surface area contributed by atoms with Crippen molar-refractivity contribution in [2.24, 2.45) is 0 Å². The van der Waals surface area contributed by atoms with Crippen LogP contribution in [0.3, 0.4) is 0 Å². The molecule has 0 saturated carbocycles. The minimum absolute atomic E-state index is 0.855. The fourth-order valence-corrected chi connectivity index (χ4v) is 1.38. The Morgan fingerprint density at radius 1 is 1.07 bits per heavy atom. The molecule has 0 bridgehead atoms. The average molecular weight is 204 g/mol. The fraction of sp³-hybridized carbons (Fsp3) is 0.333. The van der Waals surface area contributed by atoms with E-state index >= 15 is 0 Å². The molecule has 0 atom stereocenters. The Labute approximate surface area is 90.1 Å². The quantitative estimate of drug-likeness (QED) is 0.716. The van der Waals surface area contributed by atoms with Gasteiger partial charge in [-0.25, -0.2) is 0 Å². The van der Waals surface area contributed by atoms with Crippen molar-refractivity contribution in [1.82, 2.24) is 9.97 Å². The molecule has 80 valence electrons. The van der Waals surface area contributed by atoms with Crippen LogP contribution in [-0.2, 0) is 0 Å². The van der Waals surface area contributed by atoms with Crippen molar-refractivity contribution in [3.05, 3.63) is 30.1 Å². The van der Waals surface area contributed by atoms with Gasteiger partial charge in [-0.15, -0.1) is 0 Å². The maximum absolute atomic E-state index is 5.19. The topological polar surface area (TPSA) is 35.0 Å².